The zero-order valence-corrected chi connectivity index (χ0v) is 18.0. The van der Waals surface area contributed by atoms with Crippen LogP contribution in [0.2, 0.25) is 0 Å². The van der Waals surface area contributed by atoms with E-state index in [9.17, 15) is 13.2 Å². The van der Waals surface area contributed by atoms with E-state index in [0.717, 1.165) is 38.5 Å². The van der Waals surface area contributed by atoms with E-state index in [0.29, 0.717) is 35.6 Å². The summed E-state index contributed by atoms with van der Waals surface area (Å²) in [6.07, 6.45) is 6.19. The number of unbranched alkanes of at least 4 members (excludes halogenated alkanes) is 1. The number of halogens is 1. The van der Waals surface area contributed by atoms with Crippen LogP contribution in [0.4, 0.5) is 0 Å². The first kappa shape index (κ1) is 21.4. The van der Waals surface area contributed by atoms with Gasteiger partial charge in [-0.1, -0.05) is 33.1 Å². The van der Waals surface area contributed by atoms with Crippen LogP contribution in [0.3, 0.4) is 0 Å². The lowest BCUT2D eigenvalue weighted by atomic mass is 9.99. The van der Waals surface area contributed by atoms with Gasteiger partial charge in [0.1, 0.15) is 0 Å². The van der Waals surface area contributed by atoms with Crippen LogP contribution >= 0.6 is 15.9 Å². The topological polar surface area (TPSA) is 66.5 Å². The summed E-state index contributed by atoms with van der Waals surface area (Å²) in [7, 11) is -3.53. The minimum atomic E-state index is -3.53. The Kier molecular flexibility index (Phi) is 8.10. The third-order valence-electron chi connectivity index (χ3n) is 4.98. The highest BCUT2D eigenvalue weighted by molar-refractivity contribution is 9.10. The van der Waals surface area contributed by atoms with Crippen LogP contribution in [0.15, 0.2) is 27.6 Å². The van der Waals surface area contributed by atoms with Crippen LogP contribution in [0.25, 0.3) is 0 Å². The number of nitrogens with zero attached hydrogens (tertiary/aromatic N) is 1. The van der Waals surface area contributed by atoms with E-state index in [4.69, 9.17) is 0 Å². The third-order valence-corrected chi connectivity index (χ3v) is 7.57. The molecule has 1 heterocycles. The van der Waals surface area contributed by atoms with Gasteiger partial charge >= 0.3 is 0 Å². The summed E-state index contributed by atoms with van der Waals surface area (Å²) in [5.74, 6) is 0.222. The maximum Gasteiger partial charge on any atom is 0.252 e. The Bertz CT molecular complexity index is 715. The van der Waals surface area contributed by atoms with Crippen molar-refractivity contribution in [3.8, 4) is 0 Å². The molecule has 1 amide bonds. The Morgan fingerprint density at radius 3 is 2.58 bits per heavy atom. The number of carbonyl (C=O) groups is 1. The fourth-order valence-corrected chi connectivity index (χ4v) is 5.16. The molecule has 26 heavy (non-hydrogen) atoms. The van der Waals surface area contributed by atoms with E-state index < -0.39 is 10.0 Å². The molecule has 0 aromatic heterocycles. The van der Waals surface area contributed by atoms with E-state index in [1.165, 1.54) is 10.4 Å². The number of hydrogen-bond acceptors (Lipinski definition) is 3. The van der Waals surface area contributed by atoms with Crippen LogP contribution in [-0.4, -0.2) is 38.3 Å². The van der Waals surface area contributed by atoms with Gasteiger partial charge in [-0.2, -0.15) is 4.31 Å². The van der Waals surface area contributed by atoms with Crippen LogP contribution < -0.4 is 5.32 Å². The predicted octanol–water partition coefficient (Wildman–Crippen LogP) is 4.18. The first-order chi connectivity index (χ1) is 12.4. The molecule has 0 bridgehead atoms. The third kappa shape index (κ3) is 5.30. The SMILES string of the molecule is CCCCC(CC)CNC(=O)c1cc(S(=O)(=O)N2CCCC2)ccc1Br. The lowest BCUT2D eigenvalue weighted by molar-refractivity contribution is 0.0945. The van der Waals surface area contributed by atoms with Crippen molar-refractivity contribution in [2.75, 3.05) is 19.6 Å². The minimum absolute atomic E-state index is 0.186. The largest absolute Gasteiger partial charge is 0.352 e. The van der Waals surface area contributed by atoms with Crippen molar-refractivity contribution in [2.45, 2.75) is 57.3 Å². The molecule has 1 fully saturated rings. The molecule has 7 heteroatoms. The summed E-state index contributed by atoms with van der Waals surface area (Å²) in [6.45, 7) is 6.01. The molecular formula is C19H29BrN2O3S. The number of hydrogen-bond donors (Lipinski definition) is 1. The zero-order chi connectivity index (χ0) is 19.2. The number of carbonyl (C=O) groups excluding carboxylic acids is 1. The van der Waals surface area contributed by atoms with Gasteiger partial charge in [0.25, 0.3) is 5.91 Å². The summed E-state index contributed by atoms with van der Waals surface area (Å²) in [5.41, 5.74) is 0.371. The lowest BCUT2D eigenvalue weighted by Crippen LogP contribution is -2.30. The zero-order valence-electron chi connectivity index (χ0n) is 15.6. The molecule has 146 valence electrons. The second kappa shape index (κ2) is 9.85. The fourth-order valence-electron chi connectivity index (χ4n) is 3.19. The molecule has 1 saturated heterocycles. The Balaban J connectivity index is 2.12. The molecule has 0 radical (unpaired) electrons. The second-order valence-corrected chi connectivity index (χ2v) is 9.67. The fraction of sp³-hybridized carbons (Fsp3) is 0.632. The summed E-state index contributed by atoms with van der Waals surface area (Å²) in [4.78, 5) is 12.8. The van der Waals surface area contributed by atoms with Crippen LogP contribution in [0, 0.1) is 5.92 Å². The highest BCUT2D eigenvalue weighted by Gasteiger charge is 2.28. The quantitative estimate of drug-likeness (QED) is 0.620. The summed E-state index contributed by atoms with van der Waals surface area (Å²) >= 11 is 3.38. The van der Waals surface area contributed by atoms with Gasteiger partial charge in [-0.15, -0.1) is 0 Å². The summed E-state index contributed by atoms with van der Waals surface area (Å²) in [5, 5.41) is 2.97. The van der Waals surface area contributed by atoms with Gasteiger partial charge < -0.3 is 5.32 Å². The van der Waals surface area contributed by atoms with Crippen LogP contribution in [0.1, 0.15) is 62.7 Å². The number of amides is 1. The molecule has 0 spiro atoms. The highest BCUT2D eigenvalue weighted by Crippen LogP contribution is 2.25. The molecule has 2 rings (SSSR count). The second-order valence-electron chi connectivity index (χ2n) is 6.88. The molecule has 0 aliphatic carbocycles. The molecule has 1 N–H and O–H groups in total. The van der Waals surface area contributed by atoms with Crippen molar-refractivity contribution < 1.29 is 13.2 Å². The summed E-state index contributed by atoms with van der Waals surface area (Å²) < 4.78 is 27.6. The lowest BCUT2D eigenvalue weighted by Gasteiger charge is -2.18. The number of nitrogens with one attached hydrogen (secondary N) is 1. The van der Waals surface area contributed by atoms with Crippen molar-refractivity contribution in [1.29, 1.82) is 0 Å². The van der Waals surface area contributed by atoms with Gasteiger partial charge in [-0.05, 0) is 59.3 Å². The van der Waals surface area contributed by atoms with Crippen molar-refractivity contribution in [3.05, 3.63) is 28.2 Å². The smallest absolute Gasteiger partial charge is 0.252 e. The monoisotopic (exact) mass is 444 g/mol. The molecule has 1 aromatic carbocycles. The van der Waals surface area contributed by atoms with Crippen molar-refractivity contribution in [1.82, 2.24) is 9.62 Å². The molecule has 1 aliphatic heterocycles. The van der Waals surface area contributed by atoms with Gasteiger partial charge in [0.15, 0.2) is 0 Å². The highest BCUT2D eigenvalue weighted by atomic mass is 79.9. The first-order valence-electron chi connectivity index (χ1n) is 9.48. The first-order valence-corrected chi connectivity index (χ1v) is 11.7. The van der Waals surface area contributed by atoms with E-state index in [1.54, 1.807) is 12.1 Å². The Morgan fingerprint density at radius 2 is 1.96 bits per heavy atom. The van der Waals surface area contributed by atoms with Gasteiger partial charge in [-0.25, -0.2) is 8.42 Å². The molecule has 1 aromatic rings. The van der Waals surface area contributed by atoms with E-state index in [2.05, 4.69) is 35.1 Å². The Labute approximate surface area is 165 Å². The number of benzene rings is 1. The van der Waals surface area contributed by atoms with Crippen LogP contribution in [-0.2, 0) is 10.0 Å². The number of sulfonamides is 1. The van der Waals surface area contributed by atoms with Crippen molar-refractivity contribution >= 4 is 31.9 Å². The average molecular weight is 445 g/mol. The van der Waals surface area contributed by atoms with Gasteiger partial charge in [-0.3, -0.25) is 4.79 Å². The maximum atomic E-state index is 12.7. The maximum absolute atomic E-state index is 12.7. The molecule has 1 atom stereocenters. The standard InChI is InChI=1S/C19H29BrN2O3S/c1-3-5-8-15(4-2)14-21-19(23)17-13-16(9-10-18(17)20)26(24,25)22-11-6-7-12-22/h9-10,13,15H,3-8,11-12,14H2,1-2H3,(H,21,23). The molecule has 1 aliphatic rings. The Morgan fingerprint density at radius 1 is 1.27 bits per heavy atom. The molecule has 1 unspecified atom stereocenters. The normalized spacial score (nSPS) is 16.6. The Hall–Kier alpha value is -0.920. The summed E-state index contributed by atoms with van der Waals surface area (Å²) in [6, 6.07) is 4.69. The predicted molar refractivity (Wildman–Crippen MR) is 108 cm³/mol. The van der Waals surface area contributed by atoms with Gasteiger partial charge in [0.05, 0.1) is 10.5 Å². The number of rotatable bonds is 9. The van der Waals surface area contributed by atoms with Crippen molar-refractivity contribution in [2.24, 2.45) is 5.92 Å². The molecule has 5 nitrogen and oxygen atoms in total. The van der Waals surface area contributed by atoms with E-state index >= 15 is 0 Å². The minimum Gasteiger partial charge on any atom is -0.352 e. The van der Waals surface area contributed by atoms with E-state index in [-0.39, 0.29) is 10.8 Å². The van der Waals surface area contributed by atoms with Crippen LogP contribution in [0.5, 0.6) is 0 Å². The van der Waals surface area contributed by atoms with E-state index in [1.807, 2.05) is 0 Å². The van der Waals surface area contributed by atoms with Crippen molar-refractivity contribution in [3.63, 3.8) is 0 Å². The van der Waals surface area contributed by atoms with Gasteiger partial charge in [0, 0.05) is 24.1 Å². The van der Waals surface area contributed by atoms with Gasteiger partial charge in [0.2, 0.25) is 10.0 Å². The molecule has 0 saturated carbocycles. The molecular weight excluding hydrogens is 416 g/mol. The average Bonchev–Trinajstić information content (AvgIpc) is 3.17.